The van der Waals surface area contributed by atoms with Gasteiger partial charge in [0.1, 0.15) is 0 Å². The van der Waals surface area contributed by atoms with Crippen molar-refractivity contribution in [2.45, 2.75) is 11.8 Å². The van der Waals surface area contributed by atoms with Crippen molar-refractivity contribution in [2.24, 2.45) is 0 Å². The molecule has 7 heteroatoms. The second-order valence-electron chi connectivity index (χ2n) is 3.35. The third kappa shape index (κ3) is 1.30. The maximum atomic E-state index is 12.7. The van der Waals surface area contributed by atoms with E-state index in [0.717, 1.165) is 6.07 Å². The van der Waals surface area contributed by atoms with Gasteiger partial charge in [-0.25, -0.2) is 0 Å². The minimum absolute atomic E-state index is 0.0120. The van der Waals surface area contributed by atoms with Crippen molar-refractivity contribution in [3.8, 4) is 0 Å². The number of carbonyl (C=O) groups excluding carboxylic acids is 1. The van der Waals surface area contributed by atoms with Crippen LogP contribution in [0.25, 0.3) is 0 Å². The average molecular weight is 252 g/mol. The molecule has 16 heavy (non-hydrogen) atoms. The minimum Gasteiger partial charge on any atom is -0.368 e. The summed E-state index contributed by atoms with van der Waals surface area (Å²) in [6, 6.07) is 3.45. The molecule has 0 bridgehead atoms. The Hall–Kier alpha value is -1.27. The van der Waals surface area contributed by atoms with Gasteiger partial charge in [-0.1, -0.05) is 11.6 Å². The van der Waals surface area contributed by atoms with Gasteiger partial charge in [0.25, 0.3) is 11.5 Å². The number of halogens is 4. The van der Waals surface area contributed by atoms with Crippen LogP contribution in [0.5, 0.6) is 0 Å². The van der Waals surface area contributed by atoms with Gasteiger partial charge in [0.15, 0.2) is 0 Å². The fourth-order valence-electron chi connectivity index (χ4n) is 1.54. The molecule has 1 amide bonds. The van der Waals surface area contributed by atoms with Crippen LogP contribution in [-0.4, -0.2) is 17.2 Å². The van der Waals surface area contributed by atoms with E-state index in [0.29, 0.717) is 0 Å². The molecule has 1 aromatic rings. The Kier molecular flexibility index (Phi) is 2.18. The third-order valence-electron chi connectivity index (χ3n) is 2.36. The van der Waals surface area contributed by atoms with Gasteiger partial charge in [-0.3, -0.25) is 4.79 Å². The van der Waals surface area contributed by atoms with Crippen molar-refractivity contribution in [3.05, 3.63) is 28.8 Å². The number of amides is 1. The Morgan fingerprint density at radius 3 is 2.56 bits per heavy atom. The smallest absolute Gasteiger partial charge is 0.368 e. The molecule has 0 radical (unpaired) electrons. The molecular formula is C9H5ClF3NO2. The summed E-state index contributed by atoms with van der Waals surface area (Å²) in [7, 11) is 0. The number of fused-ring (bicyclic) bond motifs is 1. The number of aliphatic hydroxyl groups is 1. The van der Waals surface area contributed by atoms with Crippen LogP contribution in [0.1, 0.15) is 5.56 Å². The molecule has 86 valence electrons. The molecule has 2 rings (SSSR count). The highest BCUT2D eigenvalue weighted by atomic mass is 35.5. The van der Waals surface area contributed by atoms with E-state index >= 15 is 0 Å². The largest absolute Gasteiger partial charge is 0.430 e. The molecule has 0 aliphatic carbocycles. The van der Waals surface area contributed by atoms with E-state index in [1.54, 1.807) is 0 Å². The Labute approximate surface area is 92.8 Å². The van der Waals surface area contributed by atoms with Gasteiger partial charge in [-0.15, -0.1) is 0 Å². The van der Waals surface area contributed by atoms with Gasteiger partial charge >= 0.3 is 6.18 Å². The zero-order valence-corrected chi connectivity index (χ0v) is 8.36. The maximum absolute atomic E-state index is 12.7. The van der Waals surface area contributed by atoms with Crippen LogP contribution in [0.4, 0.5) is 18.9 Å². The van der Waals surface area contributed by atoms with E-state index in [1.165, 1.54) is 12.1 Å². The Morgan fingerprint density at radius 1 is 1.38 bits per heavy atom. The molecular weight excluding hydrogens is 247 g/mol. The summed E-state index contributed by atoms with van der Waals surface area (Å²) in [5.74, 6) is -1.52. The van der Waals surface area contributed by atoms with Gasteiger partial charge in [-0.05, 0) is 18.2 Å². The molecule has 0 saturated carbocycles. The zero-order valence-electron chi connectivity index (χ0n) is 7.60. The molecule has 3 nitrogen and oxygen atoms in total. The number of carbonyl (C=O) groups is 1. The molecule has 0 saturated heterocycles. The molecule has 0 fully saturated rings. The number of hydrogen-bond acceptors (Lipinski definition) is 2. The first-order valence-electron chi connectivity index (χ1n) is 4.17. The SMILES string of the molecule is O=C1Nc2ccc(Cl)cc2[C@@]1(O)C(F)(F)F. The van der Waals surface area contributed by atoms with Gasteiger partial charge in [0.2, 0.25) is 0 Å². The van der Waals surface area contributed by atoms with Crippen LogP contribution >= 0.6 is 11.6 Å². The van der Waals surface area contributed by atoms with Crippen LogP contribution in [0.3, 0.4) is 0 Å². The van der Waals surface area contributed by atoms with Crippen molar-refractivity contribution in [3.63, 3.8) is 0 Å². The molecule has 0 unspecified atom stereocenters. The Morgan fingerprint density at radius 2 is 2.00 bits per heavy atom. The van der Waals surface area contributed by atoms with E-state index in [2.05, 4.69) is 0 Å². The van der Waals surface area contributed by atoms with Gasteiger partial charge < -0.3 is 10.4 Å². The number of rotatable bonds is 0. The number of benzene rings is 1. The summed E-state index contributed by atoms with van der Waals surface area (Å²) in [6.07, 6.45) is -5.09. The number of nitrogens with one attached hydrogen (secondary N) is 1. The van der Waals surface area contributed by atoms with Crippen molar-refractivity contribution >= 4 is 23.2 Å². The second-order valence-corrected chi connectivity index (χ2v) is 3.79. The highest BCUT2D eigenvalue weighted by Gasteiger charge is 2.64. The molecule has 1 heterocycles. The fourth-order valence-corrected chi connectivity index (χ4v) is 1.71. The first-order chi connectivity index (χ1) is 7.26. The van der Waals surface area contributed by atoms with Crippen LogP contribution < -0.4 is 5.32 Å². The summed E-state index contributed by atoms with van der Waals surface area (Å²) in [6.45, 7) is 0. The molecule has 1 aromatic carbocycles. The van der Waals surface area contributed by atoms with Crippen molar-refractivity contribution in [1.29, 1.82) is 0 Å². The van der Waals surface area contributed by atoms with Crippen LogP contribution in [0.15, 0.2) is 18.2 Å². The van der Waals surface area contributed by atoms with E-state index in [9.17, 15) is 23.1 Å². The molecule has 2 N–H and O–H groups in total. The minimum atomic E-state index is -5.09. The van der Waals surface area contributed by atoms with Crippen molar-refractivity contribution in [1.82, 2.24) is 0 Å². The van der Waals surface area contributed by atoms with Crippen molar-refractivity contribution < 1.29 is 23.1 Å². The first kappa shape index (κ1) is 11.2. The normalized spacial score (nSPS) is 24.2. The zero-order chi connectivity index (χ0) is 12.1. The number of hydrogen-bond donors (Lipinski definition) is 2. The van der Waals surface area contributed by atoms with E-state index in [4.69, 9.17) is 11.6 Å². The summed E-state index contributed by atoms with van der Waals surface area (Å²) in [4.78, 5) is 11.2. The van der Waals surface area contributed by atoms with E-state index in [-0.39, 0.29) is 10.7 Å². The average Bonchev–Trinajstić information content (AvgIpc) is 2.41. The lowest BCUT2D eigenvalue weighted by Crippen LogP contribution is -2.47. The summed E-state index contributed by atoms with van der Waals surface area (Å²) < 4.78 is 38.0. The van der Waals surface area contributed by atoms with Crippen LogP contribution in [-0.2, 0) is 10.4 Å². The summed E-state index contributed by atoms with van der Waals surface area (Å²) in [5, 5.41) is 11.4. The molecule has 1 aliphatic rings. The van der Waals surface area contributed by atoms with Crippen LogP contribution in [0.2, 0.25) is 5.02 Å². The highest BCUT2D eigenvalue weighted by Crippen LogP contribution is 2.47. The van der Waals surface area contributed by atoms with E-state index < -0.39 is 23.2 Å². The molecule has 1 aliphatic heterocycles. The fraction of sp³-hybridized carbons (Fsp3) is 0.222. The molecule has 0 aromatic heterocycles. The van der Waals surface area contributed by atoms with Gasteiger partial charge in [0.05, 0.1) is 0 Å². The predicted octanol–water partition coefficient (Wildman–Crippen LogP) is 2.04. The maximum Gasteiger partial charge on any atom is 0.430 e. The Bertz CT molecular complexity index is 474. The lowest BCUT2D eigenvalue weighted by molar-refractivity contribution is -0.252. The quantitative estimate of drug-likeness (QED) is 0.741. The van der Waals surface area contributed by atoms with E-state index in [1.807, 2.05) is 5.32 Å². The monoisotopic (exact) mass is 251 g/mol. The first-order valence-corrected chi connectivity index (χ1v) is 4.55. The highest BCUT2D eigenvalue weighted by molar-refractivity contribution is 6.31. The predicted molar refractivity (Wildman–Crippen MR) is 50.0 cm³/mol. The Balaban J connectivity index is 2.67. The lowest BCUT2D eigenvalue weighted by Gasteiger charge is -2.23. The van der Waals surface area contributed by atoms with Crippen molar-refractivity contribution in [2.75, 3.05) is 5.32 Å². The number of alkyl halides is 3. The second kappa shape index (κ2) is 3.11. The number of anilines is 1. The van der Waals surface area contributed by atoms with Gasteiger partial charge in [-0.2, -0.15) is 13.2 Å². The topological polar surface area (TPSA) is 49.3 Å². The lowest BCUT2D eigenvalue weighted by atomic mass is 9.95. The molecule has 1 atom stereocenters. The summed E-state index contributed by atoms with van der Waals surface area (Å²) >= 11 is 5.53. The summed E-state index contributed by atoms with van der Waals surface area (Å²) in [5.41, 5.74) is -4.18. The van der Waals surface area contributed by atoms with Gasteiger partial charge in [0, 0.05) is 16.3 Å². The standard InChI is InChI=1S/C9H5ClF3NO2/c10-4-1-2-6-5(3-4)8(16,7(15)14-6)9(11,12)13/h1-3,16H,(H,14,15)/t8-/m0/s1. The molecule has 0 spiro atoms. The van der Waals surface area contributed by atoms with Crippen LogP contribution in [0, 0.1) is 0 Å². The third-order valence-corrected chi connectivity index (χ3v) is 2.59.